The molecule has 114 valence electrons. The highest BCUT2D eigenvalue weighted by molar-refractivity contribution is 7.91. The summed E-state index contributed by atoms with van der Waals surface area (Å²) < 4.78 is 50.4. The number of rotatable bonds is 7. The Hall–Kier alpha value is -0.220. The Bertz CT molecular complexity index is 461. The van der Waals surface area contributed by atoms with Crippen molar-refractivity contribution < 1.29 is 16.8 Å². The van der Waals surface area contributed by atoms with Crippen LogP contribution in [0.15, 0.2) is 0 Å². The molecule has 1 aliphatic heterocycles. The summed E-state index contributed by atoms with van der Waals surface area (Å²) in [6.45, 7) is 1.18. The van der Waals surface area contributed by atoms with Crippen LogP contribution in [0.25, 0.3) is 0 Å². The maximum atomic E-state index is 12.0. The molecule has 2 N–H and O–H groups in total. The first-order valence-corrected chi connectivity index (χ1v) is 9.61. The van der Waals surface area contributed by atoms with Crippen molar-refractivity contribution in [3.63, 3.8) is 0 Å². The lowest BCUT2D eigenvalue weighted by Crippen LogP contribution is -2.47. The maximum Gasteiger partial charge on any atom is 0.279 e. The fraction of sp³-hybridized carbons (Fsp3) is 1.00. The van der Waals surface area contributed by atoms with Gasteiger partial charge in [-0.25, -0.2) is 8.42 Å². The average molecular weight is 313 g/mol. The van der Waals surface area contributed by atoms with Crippen molar-refractivity contribution in [3.05, 3.63) is 0 Å². The molecule has 0 spiro atoms. The summed E-state index contributed by atoms with van der Waals surface area (Å²) in [5.41, 5.74) is 0. The van der Waals surface area contributed by atoms with Crippen LogP contribution in [0.2, 0.25) is 0 Å². The van der Waals surface area contributed by atoms with Crippen LogP contribution in [0.5, 0.6) is 0 Å². The molecule has 7 nitrogen and oxygen atoms in total. The van der Waals surface area contributed by atoms with E-state index in [2.05, 4.69) is 10.0 Å². The van der Waals surface area contributed by atoms with Gasteiger partial charge in [0, 0.05) is 19.6 Å². The molecule has 0 aromatic heterocycles. The monoisotopic (exact) mass is 313 g/mol. The van der Waals surface area contributed by atoms with Crippen molar-refractivity contribution in [2.75, 3.05) is 38.7 Å². The molecule has 0 atom stereocenters. The van der Waals surface area contributed by atoms with Crippen molar-refractivity contribution in [2.45, 2.75) is 25.3 Å². The van der Waals surface area contributed by atoms with Gasteiger partial charge < -0.3 is 5.32 Å². The Morgan fingerprint density at radius 1 is 1.26 bits per heavy atom. The van der Waals surface area contributed by atoms with E-state index in [1.54, 1.807) is 0 Å². The first-order valence-electron chi connectivity index (χ1n) is 6.35. The summed E-state index contributed by atoms with van der Waals surface area (Å²) in [7, 11) is -3.14. The van der Waals surface area contributed by atoms with Gasteiger partial charge in [-0.15, -0.1) is 0 Å². The average Bonchev–Trinajstić information content (AvgIpc) is 2.32. The second-order valence-electron chi connectivity index (χ2n) is 4.83. The van der Waals surface area contributed by atoms with Gasteiger partial charge in [-0.05, 0) is 32.9 Å². The summed E-state index contributed by atoms with van der Waals surface area (Å²) in [5.74, 6) is 0.118. The summed E-state index contributed by atoms with van der Waals surface area (Å²) in [5, 5.41) is 2.96. The van der Waals surface area contributed by atoms with E-state index in [1.165, 1.54) is 11.4 Å². The van der Waals surface area contributed by atoms with Gasteiger partial charge in [-0.3, -0.25) is 0 Å². The molecule has 0 bridgehead atoms. The Kier molecular flexibility index (Phi) is 6.18. The molecule has 1 saturated heterocycles. The third-order valence-corrected chi connectivity index (χ3v) is 6.53. The van der Waals surface area contributed by atoms with Crippen LogP contribution < -0.4 is 10.0 Å². The van der Waals surface area contributed by atoms with Crippen molar-refractivity contribution in [1.82, 2.24) is 14.3 Å². The Labute approximate surface area is 115 Å². The van der Waals surface area contributed by atoms with E-state index in [-0.39, 0.29) is 17.5 Å². The van der Waals surface area contributed by atoms with Gasteiger partial charge in [0.2, 0.25) is 0 Å². The quantitative estimate of drug-likeness (QED) is 0.584. The van der Waals surface area contributed by atoms with Gasteiger partial charge in [-0.1, -0.05) is 0 Å². The number of hydrogen-bond acceptors (Lipinski definition) is 5. The Morgan fingerprint density at radius 3 is 2.37 bits per heavy atom. The predicted molar refractivity (Wildman–Crippen MR) is 74.9 cm³/mol. The molecule has 0 amide bonds. The second-order valence-corrected chi connectivity index (χ2v) is 8.94. The van der Waals surface area contributed by atoms with Gasteiger partial charge in [0.25, 0.3) is 10.2 Å². The lowest BCUT2D eigenvalue weighted by atomic mass is 10.2. The molecule has 0 aromatic rings. The van der Waals surface area contributed by atoms with Crippen LogP contribution in [-0.4, -0.2) is 65.9 Å². The van der Waals surface area contributed by atoms with E-state index in [0.717, 1.165) is 13.0 Å². The minimum absolute atomic E-state index is 0.0592. The predicted octanol–water partition coefficient (Wildman–Crippen LogP) is -1.06. The highest BCUT2D eigenvalue weighted by Crippen LogP contribution is 2.13. The molecule has 0 aromatic carbocycles. The van der Waals surface area contributed by atoms with Crippen LogP contribution >= 0.6 is 0 Å². The fourth-order valence-corrected chi connectivity index (χ4v) is 4.60. The molecule has 1 heterocycles. The smallest absolute Gasteiger partial charge is 0.279 e. The number of nitrogens with zero attached hydrogens (tertiary/aromatic N) is 1. The van der Waals surface area contributed by atoms with Gasteiger partial charge in [0.15, 0.2) is 0 Å². The number of nitrogens with one attached hydrogen (secondary N) is 2. The number of sulfone groups is 1. The van der Waals surface area contributed by atoms with Gasteiger partial charge in [0.1, 0.15) is 9.84 Å². The summed E-state index contributed by atoms with van der Waals surface area (Å²) in [4.78, 5) is 0. The molecule has 9 heteroatoms. The van der Waals surface area contributed by atoms with E-state index < -0.39 is 20.0 Å². The van der Waals surface area contributed by atoms with Crippen LogP contribution in [0, 0.1) is 0 Å². The van der Waals surface area contributed by atoms with Crippen LogP contribution in [0.4, 0.5) is 0 Å². The van der Waals surface area contributed by atoms with Gasteiger partial charge in [-0.2, -0.15) is 17.4 Å². The molecular formula is C10H23N3O4S2. The molecule has 0 aliphatic carbocycles. The summed E-state index contributed by atoms with van der Waals surface area (Å²) in [6.07, 6.45) is 1.44. The minimum Gasteiger partial charge on any atom is -0.320 e. The van der Waals surface area contributed by atoms with E-state index in [9.17, 15) is 16.8 Å². The highest BCUT2D eigenvalue weighted by atomic mass is 32.2. The SMILES string of the molecule is CNCCCN(C)S(=O)(=O)NC1CCS(=O)(=O)CC1. The van der Waals surface area contributed by atoms with Crippen LogP contribution in [0.1, 0.15) is 19.3 Å². The summed E-state index contributed by atoms with van der Waals surface area (Å²) >= 11 is 0. The van der Waals surface area contributed by atoms with Gasteiger partial charge >= 0.3 is 0 Å². The number of hydrogen-bond donors (Lipinski definition) is 2. The maximum absolute atomic E-state index is 12.0. The van der Waals surface area contributed by atoms with Crippen molar-refractivity contribution >= 4 is 20.0 Å². The molecule has 0 saturated carbocycles. The van der Waals surface area contributed by atoms with E-state index in [0.29, 0.717) is 19.4 Å². The standard InChI is InChI=1S/C10H23N3O4S2/c1-11-6-3-7-13(2)19(16,17)12-10-4-8-18(14,15)9-5-10/h10-12H,3-9H2,1-2H3. The molecule has 0 unspecified atom stereocenters. The highest BCUT2D eigenvalue weighted by Gasteiger charge is 2.28. The largest absolute Gasteiger partial charge is 0.320 e. The topological polar surface area (TPSA) is 95.6 Å². The Morgan fingerprint density at radius 2 is 1.84 bits per heavy atom. The van der Waals surface area contributed by atoms with E-state index in [1.807, 2.05) is 7.05 Å². The third kappa shape index (κ3) is 5.74. The Balaban J connectivity index is 2.46. The van der Waals surface area contributed by atoms with Crippen molar-refractivity contribution in [3.8, 4) is 0 Å². The van der Waals surface area contributed by atoms with E-state index >= 15 is 0 Å². The molecular weight excluding hydrogens is 290 g/mol. The van der Waals surface area contributed by atoms with Crippen molar-refractivity contribution in [1.29, 1.82) is 0 Å². The first-order chi connectivity index (χ1) is 8.77. The molecule has 1 rings (SSSR count). The van der Waals surface area contributed by atoms with Crippen LogP contribution in [0.3, 0.4) is 0 Å². The molecule has 0 radical (unpaired) electrons. The lowest BCUT2D eigenvalue weighted by Gasteiger charge is -2.26. The zero-order valence-electron chi connectivity index (χ0n) is 11.4. The third-order valence-electron chi connectivity index (χ3n) is 3.18. The molecule has 19 heavy (non-hydrogen) atoms. The lowest BCUT2D eigenvalue weighted by molar-refractivity contribution is 0.429. The molecule has 1 aliphatic rings. The van der Waals surface area contributed by atoms with Crippen molar-refractivity contribution in [2.24, 2.45) is 0 Å². The fourth-order valence-electron chi connectivity index (χ4n) is 1.91. The first kappa shape index (κ1) is 16.8. The van der Waals surface area contributed by atoms with E-state index in [4.69, 9.17) is 0 Å². The second kappa shape index (κ2) is 6.98. The van der Waals surface area contributed by atoms with Gasteiger partial charge in [0.05, 0.1) is 11.5 Å². The zero-order chi connectivity index (χ0) is 14.5. The normalized spacial score (nSPS) is 20.8. The summed E-state index contributed by atoms with van der Waals surface area (Å²) in [6, 6.07) is -0.278. The molecule has 1 fully saturated rings. The van der Waals surface area contributed by atoms with Crippen LogP contribution in [-0.2, 0) is 20.0 Å². The zero-order valence-corrected chi connectivity index (χ0v) is 13.1. The minimum atomic E-state index is -3.52.